The minimum absolute atomic E-state index is 0. The molecule has 0 saturated heterocycles. The van der Waals surface area contributed by atoms with Gasteiger partial charge in [0.25, 0.3) is 0 Å². The van der Waals surface area contributed by atoms with Gasteiger partial charge in [-0.3, -0.25) is 0 Å². The van der Waals surface area contributed by atoms with E-state index < -0.39 is 0 Å². The standard InChI is InChI=1S/C15H25NO3.ClH/c1-6-11(16)9-12-10(3)8-13(17-4)15(19-7-2)14(12)18-5;/h8,11H,6-7,9,16H2,1-5H3;1H. The number of ether oxygens (including phenoxy) is 3. The normalized spacial score (nSPS) is 11.5. The lowest BCUT2D eigenvalue weighted by Gasteiger charge is -2.20. The van der Waals surface area contributed by atoms with Crippen LogP contribution in [0.3, 0.4) is 0 Å². The summed E-state index contributed by atoms with van der Waals surface area (Å²) in [6, 6.07) is 2.10. The highest BCUT2D eigenvalue weighted by atomic mass is 35.5. The Bertz CT molecular complexity index is 424. The third-order valence-electron chi connectivity index (χ3n) is 3.23. The van der Waals surface area contributed by atoms with Crippen LogP contribution in [-0.2, 0) is 6.42 Å². The highest BCUT2D eigenvalue weighted by molar-refractivity contribution is 5.85. The zero-order valence-corrected chi connectivity index (χ0v) is 13.8. The van der Waals surface area contributed by atoms with E-state index in [0.29, 0.717) is 18.1 Å². The van der Waals surface area contributed by atoms with E-state index in [0.717, 1.165) is 29.7 Å². The van der Waals surface area contributed by atoms with Crippen LogP contribution >= 0.6 is 12.4 Å². The number of benzene rings is 1. The summed E-state index contributed by atoms with van der Waals surface area (Å²) in [6.45, 7) is 6.63. The zero-order valence-electron chi connectivity index (χ0n) is 13.0. The van der Waals surface area contributed by atoms with E-state index in [9.17, 15) is 0 Å². The molecule has 5 heteroatoms. The molecule has 0 fully saturated rings. The quantitative estimate of drug-likeness (QED) is 0.841. The number of methoxy groups -OCH3 is 2. The van der Waals surface area contributed by atoms with Crippen molar-refractivity contribution < 1.29 is 14.2 Å². The summed E-state index contributed by atoms with van der Waals surface area (Å²) in [7, 11) is 3.28. The maximum Gasteiger partial charge on any atom is 0.203 e. The lowest BCUT2D eigenvalue weighted by Crippen LogP contribution is -2.22. The summed E-state index contributed by atoms with van der Waals surface area (Å²) in [4.78, 5) is 0. The Morgan fingerprint density at radius 1 is 1.15 bits per heavy atom. The van der Waals surface area contributed by atoms with E-state index in [2.05, 4.69) is 6.92 Å². The fraction of sp³-hybridized carbons (Fsp3) is 0.600. The number of aryl methyl sites for hydroxylation is 1. The van der Waals surface area contributed by atoms with E-state index in [-0.39, 0.29) is 18.4 Å². The van der Waals surface area contributed by atoms with Crippen LogP contribution in [0.5, 0.6) is 17.2 Å². The molecular formula is C15H26ClNO3. The Labute approximate surface area is 128 Å². The average Bonchev–Trinajstić information content (AvgIpc) is 2.42. The molecule has 20 heavy (non-hydrogen) atoms. The molecule has 4 nitrogen and oxygen atoms in total. The van der Waals surface area contributed by atoms with E-state index >= 15 is 0 Å². The molecule has 0 amide bonds. The summed E-state index contributed by atoms with van der Waals surface area (Å²) in [5, 5.41) is 0. The van der Waals surface area contributed by atoms with Crippen molar-refractivity contribution in [3.05, 3.63) is 17.2 Å². The van der Waals surface area contributed by atoms with Crippen molar-refractivity contribution in [3.8, 4) is 17.2 Å². The van der Waals surface area contributed by atoms with Crippen LogP contribution in [0.15, 0.2) is 6.07 Å². The predicted octanol–water partition coefficient (Wildman–Crippen LogP) is 3.11. The highest BCUT2D eigenvalue weighted by Gasteiger charge is 2.20. The minimum Gasteiger partial charge on any atom is -0.493 e. The Hall–Kier alpha value is -1.13. The summed E-state index contributed by atoms with van der Waals surface area (Å²) >= 11 is 0. The first-order valence-corrected chi connectivity index (χ1v) is 6.71. The van der Waals surface area contributed by atoms with Crippen molar-refractivity contribution in [2.75, 3.05) is 20.8 Å². The first kappa shape index (κ1) is 18.9. The maximum atomic E-state index is 6.06. The molecule has 0 aliphatic heterocycles. The van der Waals surface area contributed by atoms with Gasteiger partial charge in [-0.05, 0) is 38.3 Å². The van der Waals surface area contributed by atoms with Gasteiger partial charge in [-0.15, -0.1) is 12.4 Å². The third kappa shape index (κ3) is 4.18. The largest absolute Gasteiger partial charge is 0.493 e. The van der Waals surface area contributed by atoms with Crippen molar-refractivity contribution in [1.29, 1.82) is 0 Å². The van der Waals surface area contributed by atoms with Crippen LogP contribution in [0.25, 0.3) is 0 Å². The third-order valence-corrected chi connectivity index (χ3v) is 3.23. The van der Waals surface area contributed by atoms with Crippen molar-refractivity contribution in [2.45, 2.75) is 39.7 Å². The van der Waals surface area contributed by atoms with Gasteiger partial charge in [0.2, 0.25) is 5.75 Å². The molecule has 1 aromatic rings. The number of nitrogens with two attached hydrogens (primary N) is 1. The second-order valence-electron chi connectivity index (χ2n) is 4.54. The van der Waals surface area contributed by atoms with E-state index in [1.54, 1.807) is 14.2 Å². The van der Waals surface area contributed by atoms with E-state index in [1.165, 1.54) is 0 Å². The molecule has 1 aromatic carbocycles. The van der Waals surface area contributed by atoms with E-state index in [1.807, 2.05) is 19.9 Å². The molecule has 0 heterocycles. The molecule has 116 valence electrons. The fourth-order valence-corrected chi connectivity index (χ4v) is 2.09. The van der Waals surface area contributed by atoms with Gasteiger partial charge in [-0.2, -0.15) is 0 Å². The Morgan fingerprint density at radius 2 is 1.80 bits per heavy atom. The molecular weight excluding hydrogens is 278 g/mol. The predicted molar refractivity (Wildman–Crippen MR) is 84.7 cm³/mol. The molecule has 0 aliphatic carbocycles. The van der Waals surface area contributed by atoms with Gasteiger partial charge >= 0.3 is 0 Å². The van der Waals surface area contributed by atoms with Gasteiger partial charge in [-0.1, -0.05) is 6.92 Å². The topological polar surface area (TPSA) is 53.7 Å². The first-order valence-electron chi connectivity index (χ1n) is 6.71. The molecule has 0 radical (unpaired) electrons. The van der Waals surface area contributed by atoms with Crippen molar-refractivity contribution in [1.82, 2.24) is 0 Å². The van der Waals surface area contributed by atoms with Crippen LogP contribution in [-0.4, -0.2) is 26.9 Å². The summed E-state index contributed by atoms with van der Waals surface area (Å²) in [5.74, 6) is 2.10. The summed E-state index contributed by atoms with van der Waals surface area (Å²) < 4.78 is 16.6. The van der Waals surface area contributed by atoms with Gasteiger partial charge in [0, 0.05) is 11.6 Å². The zero-order chi connectivity index (χ0) is 14.4. The Morgan fingerprint density at radius 3 is 2.25 bits per heavy atom. The van der Waals surface area contributed by atoms with Crippen LogP contribution in [0, 0.1) is 6.92 Å². The molecule has 0 aromatic heterocycles. The Kier molecular flexibility index (Phi) is 8.42. The van der Waals surface area contributed by atoms with Crippen LogP contribution in [0.1, 0.15) is 31.4 Å². The molecule has 0 bridgehead atoms. The molecule has 2 N–H and O–H groups in total. The van der Waals surface area contributed by atoms with Crippen molar-refractivity contribution >= 4 is 12.4 Å². The van der Waals surface area contributed by atoms with Gasteiger partial charge in [0.15, 0.2) is 11.5 Å². The van der Waals surface area contributed by atoms with Crippen molar-refractivity contribution in [3.63, 3.8) is 0 Å². The minimum atomic E-state index is 0. The number of halogens is 1. The average molecular weight is 304 g/mol. The second kappa shape index (κ2) is 8.93. The molecule has 1 atom stereocenters. The molecule has 1 rings (SSSR count). The number of hydrogen-bond donors (Lipinski definition) is 1. The summed E-state index contributed by atoms with van der Waals surface area (Å²) in [5.41, 5.74) is 8.27. The van der Waals surface area contributed by atoms with Crippen LogP contribution in [0.4, 0.5) is 0 Å². The second-order valence-corrected chi connectivity index (χ2v) is 4.54. The number of rotatable bonds is 7. The van der Waals surface area contributed by atoms with Gasteiger partial charge in [0.05, 0.1) is 20.8 Å². The van der Waals surface area contributed by atoms with Gasteiger partial charge in [-0.25, -0.2) is 0 Å². The summed E-state index contributed by atoms with van der Waals surface area (Å²) in [6.07, 6.45) is 1.70. The SMILES string of the molecule is CCOc1c(OC)cc(C)c(CC(N)CC)c1OC.Cl. The van der Waals surface area contributed by atoms with Gasteiger partial charge < -0.3 is 19.9 Å². The molecule has 0 spiro atoms. The fourth-order valence-electron chi connectivity index (χ4n) is 2.09. The van der Waals surface area contributed by atoms with Crippen LogP contribution in [0.2, 0.25) is 0 Å². The molecule has 1 unspecified atom stereocenters. The smallest absolute Gasteiger partial charge is 0.203 e. The number of hydrogen-bond acceptors (Lipinski definition) is 4. The van der Waals surface area contributed by atoms with Crippen LogP contribution < -0.4 is 19.9 Å². The van der Waals surface area contributed by atoms with Crippen molar-refractivity contribution in [2.24, 2.45) is 5.73 Å². The lowest BCUT2D eigenvalue weighted by molar-refractivity contribution is 0.286. The Balaban J connectivity index is 0.00000361. The highest BCUT2D eigenvalue weighted by Crippen LogP contribution is 2.42. The maximum absolute atomic E-state index is 6.06. The van der Waals surface area contributed by atoms with E-state index in [4.69, 9.17) is 19.9 Å². The van der Waals surface area contributed by atoms with Gasteiger partial charge in [0.1, 0.15) is 0 Å². The lowest BCUT2D eigenvalue weighted by atomic mass is 9.98. The molecule has 0 saturated carbocycles. The monoisotopic (exact) mass is 303 g/mol. The molecule has 0 aliphatic rings. The first-order chi connectivity index (χ1) is 9.08.